The molecule has 2 heterocycles. The number of hydrogen-bond acceptors (Lipinski definition) is 4. The molecular weight excluding hydrogens is 378 g/mol. The number of pyridine rings is 1. The fraction of sp³-hybridized carbons (Fsp3) is 0.292. The van der Waals surface area contributed by atoms with Crippen molar-refractivity contribution in [2.45, 2.75) is 19.9 Å². The topological polar surface area (TPSA) is 71.5 Å². The Morgan fingerprint density at radius 2 is 2.00 bits per heavy atom. The second kappa shape index (κ2) is 8.53. The van der Waals surface area contributed by atoms with Crippen molar-refractivity contribution in [2.75, 3.05) is 20.2 Å². The Labute approximate surface area is 175 Å². The predicted octanol–water partition coefficient (Wildman–Crippen LogP) is 3.40. The highest BCUT2D eigenvalue weighted by Gasteiger charge is 2.22. The molecule has 0 saturated carbocycles. The second-order valence-electron chi connectivity index (χ2n) is 7.80. The van der Waals surface area contributed by atoms with Crippen LogP contribution in [0, 0.1) is 5.92 Å². The third kappa shape index (κ3) is 4.43. The largest absolute Gasteiger partial charge is 0.492 e. The molecule has 1 atom stereocenters. The van der Waals surface area contributed by atoms with E-state index in [1.807, 2.05) is 30.3 Å². The third-order valence-corrected chi connectivity index (χ3v) is 5.46. The first-order valence-corrected chi connectivity index (χ1v) is 10.1. The smallest absolute Gasteiger partial charge is 0.220 e. The van der Waals surface area contributed by atoms with Gasteiger partial charge in [0.05, 0.1) is 12.1 Å². The number of carbonyl (C=O) groups excluding carboxylic acids is 2. The molecule has 1 fully saturated rings. The highest BCUT2D eigenvalue weighted by Crippen LogP contribution is 2.32. The number of amides is 2. The number of nitrogens with one attached hydrogen (secondary N) is 1. The molecule has 6 heteroatoms. The summed E-state index contributed by atoms with van der Waals surface area (Å²) >= 11 is 0. The molecule has 1 aliphatic heterocycles. The van der Waals surface area contributed by atoms with Crippen LogP contribution in [0.5, 0.6) is 5.75 Å². The molecule has 3 aromatic rings. The van der Waals surface area contributed by atoms with E-state index in [1.165, 1.54) is 0 Å². The summed E-state index contributed by atoms with van der Waals surface area (Å²) in [5, 5.41) is 3.81. The van der Waals surface area contributed by atoms with E-state index in [0.29, 0.717) is 26.1 Å². The van der Waals surface area contributed by atoms with E-state index in [9.17, 15) is 9.59 Å². The Morgan fingerprint density at radius 1 is 1.20 bits per heavy atom. The van der Waals surface area contributed by atoms with Crippen LogP contribution in [0.4, 0.5) is 0 Å². The van der Waals surface area contributed by atoms with Crippen molar-refractivity contribution in [1.29, 1.82) is 0 Å². The van der Waals surface area contributed by atoms with Gasteiger partial charge < -0.3 is 15.0 Å². The van der Waals surface area contributed by atoms with Gasteiger partial charge in [-0.25, -0.2) is 0 Å². The highest BCUT2D eigenvalue weighted by atomic mass is 16.5. The summed E-state index contributed by atoms with van der Waals surface area (Å²) in [6.45, 7) is 3.29. The minimum Gasteiger partial charge on any atom is -0.492 e. The standard InChI is InChI=1S/C24H25N3O3/c1-16(28)27(2)14-17-5-7-19(8-6-17)20-11-22-21(4-3-9-25-22)23(12-20)30-15-18-10-24(29)26-13-18/h3-9,11-12,18H,10,13-15H2,1-2H3,(H,26,29)/t18-/m1/s1. The molecule has 2 amide bonds. The first kappa shape index (κ1) is 19.9. The molecule has 1 N–H and O–H groups in total. The van der Waals surface area contributed by atoms with E-state index in [2.05, 4.69) is 28.5 Å². The second-order valence-corrected chi connectivity index (χ2v) is 7.80. The molecule has 0 bridgehead atoms. The molecule has 0 radical (unpaired) electrons. The number of rotatable bonds is 6. The van der Waals surface area contributed by atoms with Gasteiger partial charge in [0.15, 0.2) is 0 Å². The molecule has 6 nitrogen and oxygen atoms in total. The molecule has 1 saturated heterocycles. The van der Waals surface area contributed by atoms with Gasteiger partial charge >= 0.3 is 0 Å². The maximum Gasteiger partial charge on any atom is 0.220 e. The normalized spacial score (nSPS) is 15.8. The molecule has 0 aliphatic carbocycles. The number of benzene rings is 2. The van der Waals surface area contributed by atoms with E-state index >= 15 is 0 Å². The van der Waals surface area contributed by atoms with Crippen molar-refractivity contribution in [3.8, 4) is 16.9 Å². The fourth-order valence-electron chi connectivity index (χ4n) is 3.61. The van der Waals surface area contributed by atoms with Gasteiger partial charge in [0.25, 0.3) is 0 Å². The quantitative estimate of drug-likeness (QED) is 0.685. The zero-order valence-electron chi connectivity index (χ0n) is 17.2. The molecule has 1 aromatic heterocycles. The van der Waals surface area contributed by atoms with E-state index in [0.717, 1.165) is 33.3 Å². The van der Waals surface area contributed by atoms with E-state index in [1.54, 1.807) is 25.1 Å². The van der Waals surface area contributed by atoms with Crippen LogP contribution in [0.2, 0.25) is 0 Å². The van der Waals surface area contributed by atoms with Crippen LogP contribution >= 0.6 is 0 Å². The van der Waals surface area contributed by atoms with Crippen LogP contribution in [0.15, 0.2) is 54.7 Å². The summed E-state index contributed by atoms with van der Waals surface area (Å²) in [6.07, 6.45) is 2.28. The lowest BCUT2D eigenvalue weighted by molar-refractivity contribution is -0.128. The summed E-state index contributed by atoms with van der Waals surface area (Å²) in [5.74, 6) is 1.08. The Balaban J connectivity index is 1.59. The van der Waals surface area contributed by atoms with Crippen LogP contribution < -0.4 is 10.1 Å². The van der Waals surface area contributed by atoms with Crippen molar-refractivity contribution < 1.29 is 14.3 Å². The number of carbonyl (C=O) groups is 2. The van der Waals surface area contributed by atoms with Gasteiger partial charge in [-0.1, -0.05) is 24.3 Å². The van der Waals surface area contributed by atoms with E-state index < -0.39 is 0 Å². The fourth-order valence-corrected chi connectivity index (χ4v) is 3.61. The van der Waals surface area contributed by atoms with Gasteiger partial charge in [-0.15, -0.1) is 0 Å². The van der Waals surface area contributed by atoms with Gasteiger partial charge in [0, 0.05) is 51.0 Å². The summed E-state index contributed by atoms with van der Waals surface area (Å²) in [6, 6.07) is 16.2. The Morgan fingerprint density at radius 3 is 2.70 bits per heavy atom. The number of hydrogen-bond donors (Lipinski definition) is 1. The minimum absolute atomic E-state index is 0.0423. The Hall–Kier alpha value is -3.41. The van der Waals surface area contributed by atoms with Crippen molar-refractivity contribution in [2.24, 2.45) is 5.92 Å². The molecule has 1 aliphatic rings. The molecule has 154 valence electrons. The first-order chi connectivity index (χ1) is 14.5. The maximum absolute atomic E-state index is 11.5. The maximum atomic E-state index is 11.5. The first-order valence-electron chi connectivity index (χ1n) is 10.1. The van der Waals surface area contributed by atoms with Crippen molar-refractivity contribution in [1.82, 2.24) is 15.2 Å². The van der Waals surface area contributed by atoms with Crippen LogP contribution in [0.25, 0.3) is 22.0 Å². The summed E-state index contributed by atoms with van der Waals surface area (Å²) in [7, 11) is 1.79. The summed E-state index contributed by atoms with van der Waals surface area (Å²) in [4.78, 5) is 29.1. The number of nitrogens with zero attached hydrogens (tertiary/aromatic N) is 2. The monoisotopic (exact) mass is 403 g/mol. The molecule has 30 heavy (non-hydrogen) atoms. The summed E-state index contributed by atoms with van der Waals surface area (Å²) in [5.41, 5.74) is 4.01. The Kier molecular flexibility index (Phi) is 5.65. The number of ether oxygens (including phenoxy) is 1. The summed E-state index contributed by atoms with van der Waals surface area (Å²) < 4.78 is 6.14. The lowest BCUT2D eigenvalue weighted by atomic mass is 10.0. The van der Waals surface area contributed by atoms with Gasteiger partial charge in [-0.05, 0) is 41.0 Å². The minimum atomic E-state index is 0.0423. The van der Waals surface area contributed by atoms with Crippen LogP contribution in [0.1, 0.15) is 18.9 Å². The molecular formula is C24H25N3O3. The Bertz CT molecular complexity index is 1080. The van der Waals surface area contributed by atoms with Crippen LogP contribution in [-0.4, -0.2) is 41.9 Å². The van der Waals surface area contributed by atoms with Gasteiger partial charge in [-0.3, -0.25) is 14.6 Å². The lowest BCUT2D eigenvalue weighted by Crippen LogP contribution is -2.22. The van der Waals surface area contributed by atoms with Crippen molar-refractivity contribution in [3.63, 3.8) is 0 Å². The van der Waals surface area contributed by atoms with Crippen LogP contribution in [0.3, 0.4) is 0 Å². The van der Waals surface area contributed by atoms with E-state index in [4.69, 9.17) is 4.74 Å². The molecule has 2 aromatic carbocycles. The zero-order valence-corrected chi connectivity index (χ0v) is 17.2. The lowest BCUT2D eigenvalue weighted by Gasteiger charge is -2.16. The molecule has 4 rings (SSSR count). The molecule has 0 unspecified atom stereocenters. The molecule has 0 spiro atoms. The van der Waals surface area contributed by atoms with E-state index in [-0.39, 0.29) is 17.7 Å². The average Bonchev–Trinajstić information content (AvgIpc) is 3.17. The average molecular weight is 403 g/mol. The van der Waals surface area contributed by atoms with Crippen LogP contribution in [-0.2, 0) is 16.1 Å². The zero-order chi connectivity index (χ0) is 21.1. The highest BCUT2D eigenvalue weighted by molar-refractivity contribution is 5.90. The van der Waals surface area contributed by atoms with Gasteiger partial charge in [-0.2, -0.15) is 0 Å². The SMILES string of the molecule is CC(=O)N(C)Cc1ccc(-c2cc(OC[C@H]3CNC(=O)C3)c3cccnc3c2)cc1. The van der Waals surface area contributed by atoms with Crippen molar-refractivity contribution in [3.05, 3.63) is 60.3 Å². The predicted molar refractivity (Wildman–Crippen MR) is 116 cm³/mol. The number of fused-ring (bicyclic) bond motifs is 1. The van der Waals surface area contributed by atoms with Crippen molar-refractivity contribution >= 4 is 22.7 Å². The van der Waals surface area contributed by atoms with Gasteiger partial charge in [0.1, 0.15) is 5.75 Å². The van der Waals surface area contributed by atoms with Gasteiger partial charge in [0.2, 0.25) is 11.8 Å². The number of aromatic nitrogens is 1. The third-order valence-electron chi connectivity index (χ3n) is 5.46.